The van der Waals surface area contributed by atoms with Gasteiger partial charge >= 0.3 is 0 Å². The maximum absolute atomic E-state index is 12.3. The van der Waals surface area contributed by atoms with Crippen LogP contribution in [0.25, 0.3) is 0 Å². The number of carbonyl (C=O) groups excluding carboxylic acids is 1. The Hall–Kier alpha value is -1.70. The summed E-state index contributed by atoms with van der Waals surface area (Å²) in [5.41, 5.74) is 0.597. The standard InChI is InChI=1S/C18H28N4O3/c1-14-12-22(13-15(2)25-14)17-4-3-16(11-20-17)18(23)19-5-6-21-7-9-24-10-8-21/h3-4,11,14-15H,5-10,12-13H2,1-2H3,(H,19,23)/t14-,15-/m0/s1. The van der Waals surface area contributed by atoms with Gasteiger partial charge in [0.1, 0.15) is 5.82 Å². The summed E-state index contributed by atoms with van der Waals surface area (Å²) < 4.78 is 11.1. The summed E-state index contributed by atoms with van der Waals surface area (Å²) in [7, 11) is 0. The zero-order valence-corrected chi connectivity index (χ0v) is 15.1. The number of rotatable bonds is 5. The third-order valence-corrected chi connectivity index (χ3v) is 4.57. The molecule has 3 rings (SSSR count). The Morgan fingerprint density at radius 3 is 2.60 bits per heavy atom. The first-order valence-corrected chi connectivity index (χ1v) is 9.06. The average Bonchev–Trinajstić information content (AvgIpc) is 2.62. The van der Waals surface area contributed by atoms with Crippen LogP contribution in [0.15, 0.2) is 18.3 Å². The van der Waals surface area contributed by atoms with Gasteiger partial charge in [-0.25, -0.2) is 4.98 Å². The van der Waals surface area contributed by atoms with Crippen LogP contribution in [-0.2, 0) is 9.47 Å². The van der Waals surface area contributed by atoms with Crippen molar-refractivity contribution in [3.8, 4) is 0 Å². The Kier molecular flexibility index (Phi) is 6.23. The third kappa shape index (κ3) is 5.14. The number of nitrogens with one attached hydrogen (secondary N) is 1. The molecule has 0 aromatic carbocycles. The molecule has 2 aliphatic rings. The summed E-state index contributed by atoms with van der Waals surface area (Å²) in [6, 6.07) is 3.76. The Morgan fingerprint density at radius 2 is 1.96 bits per heavy atom. The Balaban J connectivity index is 1.48. The van der Waals surface area contributed by atoms with Gasteiger partial charge in [0.05, 0.1) is 31.0 Å². The summed E-state index contributed by atoms with van der Waals surface area (Å²) in [5.74, 6) is 0.822. The van der Waals surface area contributed by atoms with E-state index in [2.05, 4.69) is 33.9 Å². The second-order valence-corrected chi connectivity index (χ2v) is 6.78. The molecule has 1 aromatic heterocycles. The lowest BCUT2D eigenvalue weighted by atomic mass is 10.2. The van der Waals surface area contributed by atoms with Crippen LogP contribution in [0, 0.1) is 0 Å². The quantitative estimate of drug-likeness (QED) is 0.847. The molecule has 0 saturated carbocycles. The molecule has 7 nitrogen and oxygen atoms in total. The summed E-state index contributed by atoms with van der Waals surface area (Å²) in [6.07, 6.45) is 2.03. The number of amides is 1. The monoisotopic (exact) mass is 348 g/mol. The van der Waals surface area contributed by atoms with Gasteiger partial charge in [-0.05, 0) is 26.0 Å². The molecule has 7 heteroatoms. The van der Waals surface area contributed by atoms with Crippen LogP contribution < -0.4 is 10.2 Å². The first kappa shape index (κ1) is 18.1. The van der Waals surface area contributed by atoms with E-state index >= 15 is 0 Å². The van der Waals surface area contributed by atoms with Crippen LogP contribution >= 0.6 is 0 Å². The van der Waals surface area contributed by atoms with Crippen molar-refractivity contribution in [2.24, 2.45) is 0 Å². The number of ether oxygens (including phenoxy) is 2. The molecule has 2 aliphatic heterocycles. The summed E-state index contributed by atoms with van der Waals surface area (Å²) in [6.45, 7) is 10.7. The highest BCUT2D eigenvalue weighted by Gasteiger charge is 2.23. The van der Waals surface area contributed by atoms with Crippen molar-refractivity contribution in [2.75, 3.05) is 57.4 Å². The lowest BCUT2D eigenvalue weighted by Gasteiger charge is -2.36. The number of hydrogen-bond acceptors (Lipinski definition) is 6. The van der Waals surface area contributed by atoms with E-state index in [0.717, 1.165) is 51.8 Å². The van der Waals surface area contributed by atoms with Crippen LogP contribution in [0.4, 0.5) is 5.82 Å². The second-order valence-electron chi connectivity index (χ2n) is 6.78. The molecule has 1 amide bonds. The minimum Gasteiger partial charge on any atom is -0.379 e. The first-order chi connectivity index (χ1) is 12.1. The van der Waals surface area contributed by atoms with Crippen molar-refractivity contribution >= 4 is 11.7 Å². The molecule has 138 valence electrons. The van der Waals surface area contributed by atoms with Gasteiger partial charge in [-0.2, -0.15) is 0 Å². The van der Waals surface area contributed by atoms with Gasteiger partial charge in [-0.1, -0.05) is 0 Å². The lowest BCUT2D eigenvalue weighted by molar-refractivity contribution is -0.00546. The number of nitrogens with zero attached hydrogens (tertiary/aromatic N) is 3. The van der Waals surface area contributed by atoms with E-state index in [4.69, 9.17) is 9.47 Å². The SMILES string of the molecule is C[C@H]1CN(c2ccc(C(=O)NCCN3CCOCC3)cn2)C[C@H](C)O1. The lowest BCUT2D eigenvalue weighted by Crippen LogP contribution is -2.45. The summed E-state index contributed by atoms with van der Waals surface area (Å²) in [5, 5.41) is 2.96. The number of aromatic nitrogens is 1. The number of morpholine rings is 2. The molecule has 0 bridgehead atoms. The minimum absolute atomic E-state index is 0.0731. The van der Waals surface area contributed by atoms with Gasteiger partial charge in [0.25, 0.3) is 5.91 Å². The van der Waals surface area contributed by atoms with Crippen LogP contribution in [0.1, 0.15) is 24.2 Å². The van der Waals surface area contributed by atoms with E-state index < -0.39 is 0 Å². The average molecular weight is 348 g/mol. The third-order valence-electron chi connectivity index (χ3n) is 4.57. The highest BCUT2D eigenvalue weighted by atomic mass is 16.5. The van der Waals surface area contributed by atoms with Crippen LogP contribution in [0.5, 0.6) is 0 Å². The zero-order valence-electron chi connectivity index (χ0n) is 15.1. The number of carbonyl (C=O) groups is 1. The van der Waals surface area contributed by atoms with Crippen LogP contribution in [0.2, 0.25) is 0 Å². The van der Waals surface area contributed by atoms with Gasteiger partial charge in [-0.3, -0.25) is 9.69 Å². The normalized spacial score (nSPS) is 25.0. The van der Waals surface area contributed by atoms with Gasteiger partial charge in [0.15, 0.2) is 0 Å². The highest BCUT2D eigenvalue weighted by molar-refractivity contribution is 5.94. The van der Waals surface area contributed by atoms with Gasteiger partial charge in [0.2, 0.25) is 0 Å². The molecule has 0 unspecified atom stereocenters. The molecule has 3 heterocycles. The first-order valence-electron chi connectivity index (χ1n) is 9.06. The van der Waals surface area contributed by atoms with E-state index in [9.17, 15) is 4.79 Å². The van der Waals surface area contributed by atoms with E-state index in [1.807, 2.05) is 12.1 Å². The predicted molar refractivity (Wildman–Crippen MR) is 96.1 cm³/mol. The molecule has 0 spiro atoms. The fourth-order valence-corrected chi connectivity index (χ4v) is 3.33. The summed E-state index contributed by atoms with van der Waals surface area (Å²) >= 11 is 0. The van der Waals surface area contributed by atoms with Crippen LogP contribution in [0.3, 0.4) is 0 Å². The number of hydrogen-bond donors (Lipinski definition) is 1. The van der Waals surface area contributed by atoms with Gasteiger partial charge in [-0.15, -0.1) is 0 Å². The molecular weight excluding hydrogens is 320 g/mol. The van der Waals surface area contributed by atoms with Gasteiger partial charge < -0.3 is 19.7 Å². The fourth-order valence-electron chi connectivity index (χ4n) is 3.33. The van der Waals surface area contributed by atoms with E-state index in [0.29, 0.717) is 12.1 Å². The van der Waals surface area contributed by atoms with E-state index in [1.165, 1.54) is 0 Å². The van der Waals surface area contributed by atoms with Crippen molar-refractivity contribution < 1.29 is 14.3 Å². The Morgan fingerprint density at radius 1 is 1.24 bits per heavy atom. The van der Waals surface area contributed by atoms with Crippen molar-refractivity contribution in [1.29, 1.82) is 0 Å². The number of pyridine rings is 1. The molecule has 2 fully saturated rings. The molecular formula is C18H28N4O3. The maximum Gasteiger partial charge on any atom is 0.252 e. The zero-order chi connectivity index (χ0) is 17.6. The molecule has 2 atom stereocenters. The van der Waals surface area contributed by atoms with Gasteiger partial charge in [0, 0.05) is 45.5 Å². The molecule has 1 N–H and O–H groups in total. The van der Waals surface area contributed by atoms with Crippen molar-refractivity contribution in [2.45, 2.75) is 26.1 Å². The van der Waals surface area contributed by atoms with Crippen molar-refractivity contribution in [3.05, 3.63) is 23.9 Å². The van der Waals surface area contributed by atoms with Crippen molar-refractivity contribution in [3.63, 3.8) is 0 Å². The second kappa shape index (κ2) is 8.60. The molecule has 0 radical (unpaired) electrons. The minimum atomic E-state index is -0.0731. The summed E-state index contributed by atoms with van der Waals surface area (Å²) in [4.78, 5) is 21.2. The van der Waals surface area contributed by atoms with Crippen LogP contribution in [-0.4, -0.2) is 80.5 Å². The predicted octanol–water partition coefficient (Wildman–Crippen LogP) is 0.757. The molecule has 0 aliphatic carbocycles. The molecule has 1 aromatic rings. The number of anilines is 1. The molecule has 2 saturated heterocycles. The van der Waals surface area contributed by atoms with Crippen molar-refractivity contribution in [1.82, 2.24) is 15.2 Å². The largest absolute Gasteiger partial charge is 0.379 e. The molecule has 25 heavy (non-hydrogen) atoms. The topological polar surface area (TPSA) is 66.9 Å². The smallest absolute Gasteiger partial charge is 0.252 e. The fraction of sp³-hybridized carbons (Fsp3) is 0.667. The Bertz CT molecular complexity index is 550. The highest BCUT2D eigenvalue weighted by Crippen LogP contribution is 2.18. The Labute approximate surface area is 149 Å². The maximum atomic E-state index is 12.3. The van der Waals surface area contributed by atoms with E-state index in [1.54, 1.807) is 6.20 Å². The van der Waals surface area contributed by atoms with E-state index in [-0.39, 0.29) is 18.1 Å².